The fraction of sp³-hybridized carbons (Fsp3) is 0. The van der Waals surface area contributed by atoms with E-state index in [4.69, 9.17) is 0 Å². The van der Waals surface area contributed by atoms with Crippen molar-refractivity contribution in [1.29, 1.82) is 0 Å². The molecular weight excluding hydrogens is 484 g/mol. The highest BCUT2D eigenvalue weighted by Gasteiger charge is 2.14. The van der Waals surface area contributed by atoms with E-state index in [0.717, 1.165) is 15.2 Å². The number of hydrogen-bond donors (Lipinski definition) is 6. The number of aromatic hydroxyl groups is 4. The molecule has 12 heteroatoms. The molecule has 0 aliphatic carbocycles. The van der Waals surface area contributed by atoms with Crippen LogP contribution in [0.3, 0.4) is 0 Å². The molecule has 6 N–H and O–H groups in total. The van der Waals surface area contributed by atoms with Crippen molar-refractivity contribution in [2.24, 2.45) is 0 Å². The zero-order valence-electron chi connectivity index (χ0n) is 18.7. The van der Waals surface area contributed by atoms with Crippen LogP contribution in [0.4, 0.5) is 0 Å². The fourth-order valence-electron chi connectivity index (χ4n) is 3.37. The van der Waals surface area contributed by atoms with Crippen LogP contribution in [0, 0.1) is 0 Å². The smallest absolute Gasteiger partial charge is 0.335 e. The lowest BCUT2D eigenvalue weighted by molar-refractivity contribution is 0.428. The van der Waals surface area contributed by atoms with Crippen molar-refractivity contribution in [3.05, 3.63) is 119 Å². The van der Waals surface area contributed by atoms with Gasteiger partial charge in [0.25, 0.3) is 11.1 Å². The number of H-pyrrole nitrogens is 2. The lowest BCUT2D eigenvalue weighted by Crippen LogP contribution is -2.30. The average molecular weight is 502 g/mol. The molecule has 0 atom stereocenters. The Morgan fingerprint density at radius 2 is 1.08 bits per heavy atom. The van der Waals surface area contributed by atoms with Crippen LogP contribution in [-0.2, 0) is 0 Å². The lowest BCUT2D eigenvalue weighted by atomic mass is 10.2. The van der Waals surface area contributed by atoms with Gasteiger partial charge in [0.15, 0.2) is 0 Å². The topological polar surface area (TPSA) is 191 Å². The summed E-state index contributed by atoms with van der Waals surface area (Å²) < 4.78 is 1.67. The summed E-state index contributed by atoms with van der Waals surface area (Å²) in [5.41, 5.74) is -1.09. The molecular formula is C25H18N4O8. The molecule has 0 amide bonds. The Balaban J connectivity index is 1.69. The van der Waals surface area contributed by atoms with Crippen LogP contribution in [0.15, 0.2) is 85.6 Å². The van der Waals surface area contributed by atoms with Crippen LogP contribution < -0.4 is 22.5 Å². The number of aromatic amines is 2. The molecule has 4 aromatic rings. The molecule has 0 unspecified atom stereocenters. The van der Waals surface area contributed by atoms with E-state index in [-0.39, 0.29) is 34.0 Å². The van der Waals surface area contributed by atoms with Crippen LogP contribution in [-0.4, -0.2) is 39.5 Å². The highest BCUT2D eigenvalue weighted by Crippen LogP contribution is 2.20. The summed E-state index contributed by atoms with van der Waals surface area (Å²) in [6.45, 7) is 0. The molecule has 186 valence electrons. The molecule has 0 saturated carbocycles. The van der Waals surface area contributed by atoms with Gasteiger partial charge in [-0.15, -0.1) is 5.73 Å². The first-order valence-electron chi connectivity index (χ1n) is 10.5. The van der Waals surface area contributed by atoms with Crippen molar-refractivity contribution in [3.63, 3.8) is 0 Å². The average Bonchev–Trinajstić information content (AvgIpc) is 2.84. The predicted molar refractivity (Wildman–Crippen MR) is 134 cm³/mol. The molecule has 0 radical (unpaired) electrons. The summed E-state index contributed by atoms with van der Waals surface area (Å²) in [7, 11) is 0. The largest absolute Gasteiger partial charge is 0.508 e. The van der Waals surface area contributed by atoms with Gasteiger partial charge in [-0.3, -0.25) is 19.6 Å². The van der Waals surface area contributed by atoms with Crippen molar-refractivity contribution in [1.82, 2.24) is 19.1 Å². The Kier molecular flexibility index (Phi) is 6.50. The minimum absolute atomic E-state index is 0.0545. The van der Waals surface area contributed by atoms with E-state index in [0.29, 0.717) is 0 Å². The number of benzene rings is 2. The second kappa shape index (κ2) is 9.86. The van der Waals surface area contributed by atoms with Crippen molar-refractivity contribution in [2.75, 3.05) is 0 Å². The van der Waals surface area contributed by atoms with E-state index in [9.17, 15) is 39.6 Å². The molecule has 0 bridgehead atoms. The maximum atomic E-state index is 12.2. The van der Waals surface area contributed by atoms with Gasteiger partial charge in [-0.1, -0.05) is 6.08 Å². The normalized spacial score (nSPS) is 10.8. The van der Waals surface area contributed by atoms with E-state index >= 15 is 0 Å². The molecule has 2 heterocycles. The maximum absolute atomic E-state index is 12.2. The van der Waals surface area contributed by atoms with Gasteiger partial charge in [-0.05, 0) is 66.8 Å². The third-order valence-corrected chi connectivity index (χ3v) is 5.14. The number of rotatable bonds is 5. The van der Waals surface area contributed by atoms with Crippen LogP contribution in [0.2, 0.25) is 0 Å². The number of phenols is 2. The van der Waals surface area contributed by atoms with E-state index in [1.54, 1.807) is 0 Å². The molecule has 0 aliphatic heterocycles. The first kappa shape index (κ1) is 24.4. The number of aromatic nitrogens is 4. The summed E-state index contributed by atoms with van der Waals surface area (Å²) in [6, 6.07) is 10.7. The highest BCUT2D eigenvalue weighted by atomic mass is 16.3. The Labute approximate surface area is 205 Å². The standard InChI is InChI=1S/C25H18N4O8/c30-16-10-6-14(7-11-16)28-22(34)18(20(32)26-24(28)36)4-2-1-3-5-19-21(33)27-25(37)29(23(19)35)15-8-12-17(31)13-9-15/h1-2,4-13,30-31,34-35H,(H,26,32,36)(H,27,33,37). The fourth-order valence-corrected chi connectivity index (χ4v) is 3.37. The minimum Gasteiger partial charge on any atom is -0.508 e. The van der Waals surface area contributed by atoms with Crippen LogP contribution in [0.25, 0.3) is 23.5 Å². The van der Waals surface area contributed by atoms with Gasteiger partial charge in [-0.2, -0.15) is 0 Å². The predicted octanol–water partition coefficient (Wildman–Crippen LogP) is 1.07. The highest BCUT2D eigenvalue weighted by molar-refractivity contribution is 5.58. The number of allylic oxidation sites excluding steroid dienone is 2. The summed E-state index contributed by atoms with van der Waals surface area (Å²) >= 11 is 0. The number of phenolic OH excluding ortho intramolecular Hbond substituents is 2. The second-order valence-corrected chi connectivity index (χ2v) is 7.53. The quantitative estimate of drug-likeness (QED) is 0.172. The van der Waals surface area contributed by atoms with Gasteiger partial charge in [0.1, 0.15) is 22.6 Å². The van der Waals surface area contributed by atoms with Crippen molar-refractivity contribution >= 4 is 12.2 Å². The Morgan fingerprint density at radius 3 is 1.57 bits per heavy atom. The zero-order valence-corrected chi connectivity index (χ0v) is 18.7. The van der Waals surface area contributed by atoms with E-state index < -0.39 is 34.3 Å². The van der Waals surface area contributed by atoms with Crippen molar-refractivity contribution in [2.45, 2.75) is 0 Å². The third-order valence-electron chi connectivity index (χ3n) is 5.14. The summed E-state index contributed by atoms with van der Waals surface area (Å²) in [5, 5.41) is 39.9. The molecule has 0 aliphatic rings. The van der Waals surface area contributed by atoms with Gasteiger partial charge in [0.2, 0.25) is 11.8 Å². The van der Waals surface area contributed by atoms with Crippen molar-refractivity contribution in [3.8, 4) is 34.6 Å². The van der Waals surface area contributed by atoms with Crippen LogP contribution in [0.5, 0.6) is 23.3 Å². The Hall–Kier alpha value is -5.74. The van der Waals surface area contributed by atoms with Gasteiger partial charge in [-0.25, -0.2) is 18.7 Å². The monoisotopic (exact) mass is 502 g/mol. The maximum Gasteiger partial charge on any atom is 0.335 e. The van der Waals surface area contributed by atoms with Crippen LogP contribution >= 0.6 is 0 Å². The Morgan fingerprint density at radius 1 is 0.649 bits per heavy atom. The molecule has 0 spiro atoms. The molecule has 4 rings (SSSR count). The van der Waals surface area contributed by atoms with E-state index in [1.807, 2.05) is 0 Å². The lowest BCUT2D eigenvalue weighted by Gasteiger charge is -2.09. The van der Waals surface area contributed by atoms with Gasteiger partial charge >= 0.3 is 11.4 Å². The Bertz CT molecular complexity index is 1820. The van der Waals surface area contributed by atoms with E-state index in [1.165, 1.54) is 66.8 Å². The number of nitrogens with one attached hydrogen (secondary N) is 2. The second-order valence-electron chi connectivity index (χ2n) is 7.53. The third kappa shape index (κ3) is 4.90. The first-order valence-corrected chi connectivity index (χ1v) is 10.5. The molecule has 12 nitrogen and oxygen atoms in total. The molecule has 2 aromatic carbocycles. The van der Waals surface area contributed by atoms with E-state index in [2.05, 4.69) is 15.7 Å². The van der Waals surface area contributed by atoms with Gasteiger partial charge in [0, 0.05) is 0 Å². The molecule has 0 saturated heterocycles. The van der Waals surface area contributed by atoms with Crippen LogP contribution in [0.1, 0.15) is 11.1 Å². The first-order chi connectivity index (χ1) is 17.7. The van der Waals surface area contributed by atoms with Crippen molar-refractivity contribution < 1.29 is 20.4 Å². The summed E-state index contributed by atoms with van der Waals surface area (Å²) in [6.07, 6.45) is 4.82. The molecule has 0 fully saturated rings. The number of nitrogens with zero attached hydrogens (tertiary/aromatic N) is 2. The summed E-state index contributed by atoms with van der Waals surface area (Å²) in [5.74, 6) is -1.43. The SMILES string of the molecule is O=c1[nH]c(=O)n(-c2ccc(O)cc2)c(O)c1C=C=CC=Cc1c(O)n(-c2ccc(O)cc2)c(=O)[nH]c1=O. The molecule has 2 aromatic heterocycles. The summed E-state index contributed by atoms with van der Waals surface area (Å²) in [4.78, 5) is 53.0. The van der Waals surface area contributed by atoms with Gasteiger partial charge in [0.05, 0.1) is 11.4 Å². The minimum atomic E-state index is -0.896. The van der Waals surface area contributed by atoms with Gasteiger partial charge < -0.3 is 20.4 Å². The number of hydrogen-bond acceptors (Lipinski definition) is 8. The molecule has 37 heavy (non-hydrogen) atoms. The zero-order chi connectivity index (χ0) is 26.7.